The van der Waals surface area contributed by atoms with Crippen molar-refractivity contribution < 1.29 is 36.2 Å². The molecule has 0 saturated carbocycles. The molecule has 3 N–H and O–H groups in total. The highest BCUT2D eigenvalue weighted by Gasteiger charge is 2.37. The Morgan fingerprint density at radius 1 is 0.929 bits per heavy atom. The molecule has 0 amide bonds. The predicted molar refractivity (Wildman–Crippen MR) is 92.6 cm³/mol. The highest BCUT2D eigenvalue weighted by Crippen LogP contribution is 2.37. The monoisotopic (exact) mass is 422 g/mol. The van der Waals surface area contributed by atoms with Crippen LogP contribution >= 0.6 is 12.2 Å². The van der Waals surface area contributed by atoms with Crippen LogP contribution in [-0.2, 0) is 17.1 Å². The molecule has 0 aliphatic heterocycles. The molecule has 1 unspecified atom stereocenters. The number of benzene rings is 2. The third-order valence-electron chi connectivity index (χ3n) is 3.50. The summed E-state index contributed by atoms with van der Waals surface area (Å²) >= 11 is 4.86. The summed E-state index contributed by atoms with van der Waals surface area (Å²) in [4.78, 5) is 11.4. The summed E-state index contributed by atoms with van der Waals surface area (Å²) < 4.78 is 77.3. The minimum Gasteiger partial charge on any atom is -0.479 e. The minimum atomic E-state index is -5.01. The van der Waals surface area contributed by atoms with Crippen LogP contribution in [-0.4, -0.2) is 16.2 Å². The van der Waals surface area contributed by atoms with Crippen LogP contribution in [0.1, 0.15) is 22.7 Å². The summed E-state index contributed by atoms with van der Waals surface area (Å²) in [6.07, 6.45) is -10.0. The quantitative estimate of drug-likeness (QED) is 0.487. The van der Waals surface area contributed by atoms with Crippen LogP contribution < -0.4 is 10.6 Å². The molecule has 11 heteroatoms. The summed E-state index contributed by atoms with van der Waals surface area (Å²) in [7, 11) is 0. The zero-order valence-corrected chi connectivity index (χ0v) is 14.5. The molecule has 0 spiro atoms. The van der Waals surface area contributed by atoms with E-state index in [4.69, 9.17) is 12.2 Å². The average Bonchev–Trinajstić information content (AvgIpc) is 2.58. The Kier molecular flexibility index (Phi) is 6.17. The van der Waals surface area contributed by atoms with Gasteiger partial charge in [0, 0.05) is 5.69 Å². The highest BCUT2D eigenvalue weighted by molar-refractivity contribution is 7.80. The van der Waals surface area contributed by atoms with Crippen LogP contribution in [0.3, 0.4) is 0 Å². The number of halogens is 6. The van der Waals surface area contributed by atoms with Crippen LogP contribution in [0.25, 0.3) is 0 Å². The maximum Gasteiger partial charge on any atom is 0.416 e. The number of alkyl halides is 6. The lowest BCUT2D eigenvalue weighted by Crippen LogP contribution is -2.36. The van der Waals surface area contributed by atoms with Gasteiger partial charge < -0.3 is 15.7 Å². The number of carboxylic acids is 1. The molecule has 0 aliphatic rings. The first kappa shape index (κ1) is 21.5. The van der Waals surface area contributed by atoms with Crippen LogP contribution in [0.2, 0.25) is 0 Å². The average molecular weight is 422 g/mol. The fourth-order valence-corrected chi connectivity index (χ4v) is 2.49. The maximum atomic E-state index is 12.9. The van der Waals surface area contributed by atoms with Crippen molar-refractivity contribution in [1.29, 1.82) is 0 Å². The molecule has 2 aromatic carbocycles. The lowest BCUT2D eigenvalue weighted by Gasteiger charge is -2.19. The smallest absolute Gasteiger partial charge is 0.416 e. The predicted octanol–water partition coefficient (Wildman–Crippen LogP) is 4.84. The molecule has 0 radical (unpaired) electrons. The lowest BCUT2D eigenvalue weighted by molar-refractivity contribution is -0.143. The lowest BCUT2D eigenvalue weighted by atomic mass is 10.1. The maximum absolute atomic E-state index is 12.9. The topological polar surface area (TPSA) is 61.4 Å². The Balaban J connectivity index is 2.28. The number of anilines is 1. The second-order valence-electron chi connectivity index (χ2n) is 5.57. The summed E-state index contributed by atoms with van der Waals surface area (Å²) in [5, 5.41) is 13.4. The van der Waals surface area contributed by atoms with Gasteiger partial charge >= 0.3 is 18.3 Å². The minimum absolute atomic E-state index is 0.0221. The Hall–Kier alpha value is -2.82. The molecular weight excluding hydrogens is 410 g/mol. The largest absolute Gasteiger partial charge is 0.479 e. The number of thiocarbonyl (C=S) groups is 1. The fourth-order valence-electron chi connectivity index (χ4n) is 2.26. The van der Waals surface area contributed by atoms with Crippen molar-refractivity contribution in [2.24, 2.45) is 0 Å². The first-order valence-electron chi connectivity index (χ1n) is 7.52. The van der Waals surface area contributed by atoms with Crippen molar-refractivity contribution >= 4 is 29.0 Å². The SMILES string of the molecule is O=C(O)C(NC(=S)Nc1cc(C(F)(F)F)cc(C(F)(F)F)c1)c1ccccc1. The molecule has 2 rings (SSSR count). The van der Waals surface area contributed by atoms with Gasteiger partial charge in [0.2, 0.25) is 0 Å². The van der Waals surface area contributed by atoms with E-state index in [1.54, 1.807) is 18.2 Å². The van der Waals surface area contributed by atoms with Gasteiger partial charge in [0.05, 0.1) is 11.1 Å². The number of hydrogen-bond donors (Lipinski definition) is 3. The summed E-state index contributed by atoms with van der Waals surface area (Å²) in [5.74, 6) is -1.34. The first-order chi connectivity index (χ1) is 12.9. The van der Waals surface area contributed by atoms with Crippen molar-refractivity contribution in [3.63, 3.8) is 0 Å². The molecular formula is C17H12F6N2O2S. The van der Waals surface area contributed by atoms with Gasteiger partial charge in [0.15, 0.2) is 11.2 Å². The number of nitrogens with one attached hydrogen (secondary N) is 2. The molecule has 2 aromatic rings. The molecule has 4 nitrogen and oxygen atoms in total. The Bertz CT molecular complexity index is 836. The second kappa shape index (κ2) is 8.05. The van der Waals surface area contributed by atoms with Gasteiger partial charge in [-0.05, 0) is 36.0 Å². The van der Waals surface area contributed by atoms with Gasteiger partial charge in [-0.2, -0.15) is 26.3 Å². The molecule has 28 heavy (non-hydrogen) atoms. The normalized spacial score (nSPS) is 12.9. The van der Waals surface area contributed by atoms with Gasteiger partial charge in [-0.25, -0.2) is 4.79 Å². The summed E-state index contributed by atoms with van der Waals surface area (Å²) in [6.45, 7) is 0. The third kappa shape index (κ3) is 5.59. The van der Waals surface area contributed by atoms with E-state index < -0.39 is 46.3 Å². The number of hydrogen-bond acceptors (Lipinski definition) is 2. The van der Waals surface area contributed by atoms with Gasteiger partial charge in [-0.1, -0.05) is 30.3 Å². The first-order valence-corrected chi connectivity index (χ1v) is 7.93. The Labute approximate surface area is 160 Å². The van der Waals surface area contributed by atoms with Crippen LogP contribution in [0.15, 0.2) is 48.5 Å². The van der Waals surface area contributed by atoms with E-state index in [1.165, 1.54) is 12.1 Å². The molecule has 0 aliphatic carbocycles. The van der Waals surface area contributed by atoms with Crippen LogP contribution in [0.5, 0.6) is 0 Å². The number of carboxylic acid groups (broad SMARTS) is 1. The zero-order chi connectivity index (χ0) is 21.1. The van der Waals surface area contributed by atoms with Gasteiger partial charge in [-0.3, -0.25) is 0 Å². The van der Waals surface area contributed by atoms with Crippen molar-refractivity contribution in [2.45, 2.75) is 18.4 Å². The van der Waals surface area contributed by atoms with Crippen molar-refractivity contribution in [3.8, 4) is 0 Å². The molecule has 0 heterocycles. The molecule has 0 fully saturated rings. The van der Waals surface area contributed by atoms with Gasteiger partial charge in [-0.15, -0.1) is 0 Å². The standard InChI is InChI=1S/C17H12F6N2O2S/c18-16(19,20)10-6-11(17(21,22)23)8-12(7-10)24-15(28)25-13(14(26)27)9-4-2-1-3-5-9/h1-8,13H,(H,26,27)(H2,24,25,28). The molecule has 150 valence electrons. The number of carbonyl (C=O) groups is 1. The molecule has 0 aromatic heterocycles. The third-order valence-corrected chi connectivity index (χ3v) is 3.72. The fraction of sp³-hybridized carbons (Fsp3) is 0.176. The summed E-state index contributed by atoms with van der Waals surface area (Å²) in [5.41, 5.74) is -3.34. The van der Waals surface area contributed by atoms with E-state index >= 15 is 0 Å². The van der Waals surface area contributed by atoms with E-state index in [0.29, 0.717) is 17.7 Å². The molecule has 0 saturated heterocycles. The number of rotatable bonds is 4. The van der Waals surface area contributed by atoms with Gasteiger partial charge in [0.1, 0.15) is 0 Å². The highest BCUT2D eigenvalue weighted by atomic mass is 32.1. The van der Waals surface area contributed by atoms with E-state index in [1.807, 2.05) is 0 Å². The molecule has 1 atom stereocenters. The van der Waals surface area contributed by atoms with Crippen molar-refractivity contribution in [1.82, 2.24) is 5.32 Å². The zero-order valence-electron chi connectivity index (χ0n) is 13.7. The van der Waals surface area contributed by atoms with E-state index in [9.17, 15) is 36.2 Å². The van der Waals surface area contributed by atoms with E-state index in [-0.39, 0.29) is 6.07 Å². The Morgan fingerprint density at radius 3 is 1.86 bits per heavy atom. The van der Waals surface area contributed by atoms with E-state index in [2.05, 4.69) is 10.6 Å². The van der Waals surface area contributed by atoms with Gasteiger partial charge in [0.25, 0.3) is 0 Å². The van der Waals surface area contributed by atoms with Crippen molar-refractivity contribution in [3.05, 3.63) is 65.2 Å². The van der Waals surface area contributed by atoms with Crippen molar-refractivity contribution in [2.75, 3.05) is 5.32 Å². The van der Waals surface area contributed by atoms with E-state index in [0.717, 1.165) is 0 Å². The summed E-state index contributed by atoms with van der Waals surface area (Å²) in [6, 6.07) is 7.22. The Morgan fingerprint density at radius 2 is 1.43 bits per heavy atom. The van der Waals surface area contributed by atoms with Crippen LogP contribution in [0, 0.1) is 0 Å². The number of aliphatic carboxylic acids is 1. The molecule has 0 bridgehead atoms. The second-order valence-corrected chi connectivity index (χ2v) is 5.98. The van der Waals surface area contributed by atoms with Crippen LogP contribution in [0.4, 0.5) is 32.0 Å².